The molecule has 1 rings (SSSR count). The predicted molar refractivity (Wildman–Crippen MR) is 67.4 cm³/mol. The van der Waals surface area contributed by atoms with E-state index in [1.807, 2.05) is 6.92 Å². The molecule has 92 valence electrons. The van der Waals surface area contributed by atoms with Crippen LogP contribution in [0, 0.1) is 0 Å². The van der Waals surface area contributed by atoms with E-state index in [1.54, 1.807) is 24.3 Å². The van der Waals surface area contributed by atoms with Crippen molar-refractivity contribution in [1.29, 1.82) is 0 Å². The van der Waals surface area contributed by atoms with Gasteiger partial charge in [0.05, 0.1) is 17.9 Å². The maximum atomic E-state index is 11.5. The lowest BCUT2D eigenvalue weighted by Gasteiger charge is -2.08. The molecule has 0 saturated carbocycles. The van der Waals surface area contributed by atoms with Crippen LogP contribution in [0.4, 0.5) is 11.4 Å². The number of nitrogens with one attached hydrogen (secondary N) is 2. The maximum Gasteiger partial charge on any atom is 0.243 e. The fraction of sp³-hybridized carbons (Fsp3) is 0.333. The largest absolute Gasteiger partial charge is 0.397 e. The Morgan fingerprint density at radius 1 is 1.24 bits per heavy atom. The first-order chi connectivity index (χ1) is 8.13. The van der Waals surface area contributed by atoms with Crippen LogP contribution in [-0.2, 0) is 9.59 Å². The molecular weight excluding hydrogens is 218 g/mol. The molecule has 0 atom stereocenters. The summed E-state index contributed by atoms with van der Waals surface area (Å²) in [7, 11) is 0. The van der Waals surface area contributed by atoms with Crippen LogP contribution in [0.25, 0.3) is 0 Å². The summed E-state index contributed by atoms with van der Waals surface area (Å²) in [5, 5.41) is 5.16. The molecule has 0 aliphatic rings. The van der Waals surface area contributed by atoms with Crippen LogP contribution >= 0.6 is 0 Å². The van der Waals surface area contributed by atoms with Crippen LogP contribution < -0.4 is 16.4 Å². The second kappa shape index (κ2) is 6.52. The van der Waals surface area contributed by atoms with Crippen molar-refractivity contribution >= 4 is 23.2 Å². The fourth-order valence-corrected chi connectivity index (χ4v) is 1.30. The van der Waals surface area contributed by atoms with Gasteiger partial charge in [0.1, 0.15) is 0 Å². The lowest BCUT2D eigenvalue weighted by molar-refractivity contribution is -0.124. The van der Waals surface area contributed by atoms with E-state index in [1.165, 1.54) is 0 Å². The number of amides is 2. The first-order valence-corrected chi connectivity index (χ1v) is 5.54. The van der Waals surface area contributed by atoms with Crippen molar-refractivity contribution < 1.29 is 9.59 Å². The van der Waals surface area contributed by atoms with Gasteiger partial charge in [0.25, 0.3) is 0 Å². The van der Waals surface area contributed by atoms with E-state index in [2.05, 4.69) is 10.6 Å². The van der Waals surface area contributed by atoms with Gasteiger partial charge in [-0.15, -0.1) is 0 Å². The Morgan fingerprint density at radius 2 is 1.94 bits per heavy atom. The van der Waals surface area contributed by atoms with Gasteiger partial charge in [-0.2, -0.15) is 0 Å². The Bertz CT molecular complexity index is 404. The summed E-state index contributed by atoms with van der Waals surface area (Å²) in [5.74, 6) is -0.406. The maximum absolute atomic E-state index is 11.5. The van der Waals surface area contributed by atoms with Crippen molar-refractivity contribution in [3.8, 4) is 0 Å². The minimum atomic E-state index is -0.285. The van der Waals surface area contributed by atoms with E-state index in [0.29, 0.717) is 17.8 Å². The number of hydrogen-bond acceptors (Lipinski definition) is 3. The highest BCUT2D eigenvalue weighted by Crippen LogP contribution is 2.16. The number of rotatable bonds is 5. The molecule has 0 aromatic heterocycles. The van der Waals surface area contributed by atoms with Crippen LogP contribution in [-0.4, -0.2) is 18.4 Å². The Kier molecular flexibility index (Phi) is 5.00. The molecule has 5 heteroatoms. The van der Waals surface area contributed by atoms with Gasteiger partial charge in [0, 0.05) is 6.42 Å². The van der Waals surface area contributed by atoms with Gasteiger partial charge in [-0.1, -0.05) is 19.1 Å². The summed E-state index contributed by atoms with van der Waals surface area (Å²) in [4.78, 5) is 22.6. The molecule has 0 fully saturated rings. The minimum Gasteiger partial charge on any atom is -0.397 e. The highest BCUT2D eigenvalue weighted by Gasteiger charge is 2.06. The van der Waals surface area contributed by atoms with Gasteiger partial charge in [-0.25, -0.2) is 0 Å². The average Bonchev–Trinajstić information content (AvgIpc) is 2.30. The fourth-order valence-electron chi connectivity index (χ4n) is 1.30. The topological polar surface area (TPSA) is 84.2 Å². The highest BCUT2D eigenvalue weighted by atomic mass is 16.2. The number of nitrogens with two attached hydrogens (primary N) is 1. The van der Waals surface area contributed by atoms with Crippen molar-refractivity contribution in [1.82, 2.24) is 5.32 Å². The van der Waals surface area contributed by atoms with Gasteiger partial charge < -0.3 is 16.4 Å². The SMILES string of the molecule is CCCC(=O)NCC(=O)Nc1ccccc1N. The Hall–Kier alpha value is -2.04. The molecule has 5 nitrogen and oxygen atoms in total. The van der Waals surface area contributed by atoms with E-state index in [-0.39, 0.29) is 18.4 Å². The quantitative estimate of drug-likeness (QED) is 0.669. The molecule has 4 N–H and O–H groups in total. The molecule has 0 aliphatic heterocycles. The van der Waals surface area contributed by atoms with E-state index in [9.17, 15) is 9.59 Å². The predicted octanol–water partition coefficient (Wildman–Crippen LogP) is 1.12. The number of benzene rings is 1. The zero-order chi connectivity index (χ0) is 12.7. The van der Waals surface area contributed by atoms with Gasteiger partial charge in [0.15, 0.2) is 0 Å². The first-order valence-electron chi connectivity index (χ1n) is 5.54. The summed E-state index contributed by atoms with van der Waals surface area (Å²) in [6, 6.07) is 6.97. The normalized spacial score (nSPS) is 9.71. The summed E-state index contributed by atoms with van der Waals surface area (Å²) in [6.45, 7) is 1.87. The highest BCUT2D eigenvalue weighted by molar-refractivity contribution is 5.96. The number of carbonyl (C=O) groups is 2. The summed E-state index contributed by atoms with van der Waals surface area (Å²) >= 11 is 0. The van der Waals surface area contributed by atoms with Gasteiger partial charge >= 0.3 is 0 Å². The monoisotopic (exact) mass is 235 g/mol. The molecule has 0 aliphatic carbocycles. The van der Waals surface area contributed by atoms with Crippen molar-refractivity contribution in [3.05, 3.63) is 24.3 Å². The van der Waals surface area contributed by atoms with E-state index < -0.39 is 0 Å². The van der Waals surface area contributed by atoms with Crippen LogP contribution in [0.5, 0.6) is 0 Å². The second-order valence-corrected chi connectivity index (χ2v) is 3.66. The van der Waals surface area contributed by atoms with Crippen LogP contribution in [0.1, 0.15) is 19.8 Å². The Morgan fingerprint density at radius 3 is 2.59 bits per heavy atom. The summed E-state index contributed by atoms with van der Waals surface area (Å²) < 4.78 is 0. The first kappa shape index (κ1) is 13.0. The zero-order valence-electron chi connectivity index (χ0n) is 9.82. The Balaban J connectivity index is 2.40. The molecule has 1 aromatic carbocycles. The number of carbonyl (C=O) groups excluding carboxylic acids is 2. The van der Waals surface area contributed by atoms with E-state index in [4.69, 9.17) is 5.73 Å². The third-order valence-corrected chi connectivity index (χ3v) is 2.16. The lowest BCUT2D eigenvalue weighted by Crippen LogP contribution is -2.32. The molecule has 1 aromatic rings. The van der Waals surface area contributed by atoms with Crippen molar-refractivity contribution in [2.24, 2.45) is 0 Å². The van der Waals surface area contributed by atoms with Gasteiger partial charge in [-0.3, -0.25) is 9.59 Å². The second-order valence-electron chi connectivity index (χ2n) is 3.66. The summed E-state index contributed by atoms with van der Waals surface area (Å²) in [6.07, 6.45) is 1.19. The average molecular weight is 235 g/mol. The third-order valence-electron chi connectivity index (χ3n) is 2.16. The minimum absolute atomic E-state index is 0.0346. The third kappa shape index (κ3) is 4.55. The molecule has 0 radical (unpaired) electrons. The smallest absolute Gasteiger partial charge is 0.243 e. The van der Waals surface area contributed by atoms with Crippen molar-refractivity contribution in [2.75, 3.05) is 17.6 Å². The van der Waals surface area contributed by atoms with Crippen LogP contribution in [0.15, 0.2) is 24.3 Å². The number of hydrogen-bond donors (Lipinski definition) is 3. The number of nitrogen functional groups attached to an aromatic ring is 1. The zero-order valence-corrected chi connectivity index (χ0v) is 9.82. The van der Waals surface area contributed by atoms with E-state index >= 15 is 0 Å². The Labute approximate surface area is 100 Å². The van der Waals surface area contributed by atoms with Crippen molar-refractivity contribution in [2.45, 2.75) is 19.8 Å². The molecular formula is C12H17N3O2. The van der Waals surface area contributed by atoms with E-state index in [0.717, 1.165) is 6.42 Å². The number of para-hydroxylation sites is 2. The molecule has 0 heterocycles. The van der Waals surface area contributed by atoms with Crippen molar-refractivity contribution in [3.63, 3.8) is 0 Å². The number of anilines is 2. The van der Waals surface area contributed by atoms with Crippen LogP contribution in [0.2, 0.25) is 0 Å². The molecule has 17 heavy (non-hydrogen) atoms. The lowest BCUT2D eigenvalue weighted by atomic mass is 10.2. The van der Waals surface area contributed by atoms with Gasteiger partial charge in [0.2, 0.25) is 11.8 Å². The van der Waals surface area contributed by atoms with Gasteiger partial charge in [-0.05, 0) is 18.6 Å². The summed E-state index contributed by atoms with van der Waals surface area (Å²) in [5.41, 5.74) is 6.73. The molecule has 0 saturated heterocycles. The van der Waals surface area contributed by atoms with Crippen LogP contribution in [0.3, 0.4) is 0 Å². The molecule has 0 spiro atoms. The molecule has 0 unspecified atom stereocenters. The molecule has 0 bridgehead atoms. The molecule has 2 amide bonds. The standard InChI is InChI=1S/C12H17N3O2/c1-2-5-11(16)14-8-12(17)15-10-7-4-3-6-9(10)13/h3-4,6-7H,2,5,8,13H2,1H3,(H,14,16)(H,15,17).